The highest BCUT2D eigenvalue weighted by Crippen LogP contribution is 2.20. The summed E-state index contributed by atoms with van der Waals surface area (Å²) in [6, 6.07) is 6.59. The van der Waals surface area contributed by atoms with E-state index in [9.17, 15) is 4.79 Å². The van der Waals surface area contributed by atoms with E-state index in [0.717, 1.165) is 5.56 Å². The Morgan fingerprint density at radius 3 is 2.62 bits per heavy atom. The van der Waals surface area contributed by atoms with Gasteiger partial charge in [-0.2, -0.15) is 0 Å². The van der Waals surface area contributed by atoms with Gasteiger partial charge in [-0.15, -0.1) is 0 Å². The van der Waals surface area contributed by atoms with Crippen molar-refractivity contribution in [2.45, 2.75) is 6.04 Å². The summed E-state index contributed by atoms with van der Waals surface area (Å²) in [5.41, 5.74) is 0.934. The number of phenols is 1. The number of carbonyl (C=O) groups excluding carboxylic acids is 1. The van der Waals surface area contributed by atoms with Gasteiger partial charge in [-0.3, -0.25) is 0 Å². The first kappa shape index (κ1) is 7.91. The minimum absolute atomic E-state index is 0.0897. The predicted molar refractivity (Wildman–Crippen MR) is 45.3 cm³/mol. The minimum Gasteiger partial charge on any atom is -0.508 e. The van der Waals surface area contributed by atoms with E-state index in [1.807, 2.05) is 0 Å². The molecular weight excluding hydrogens is 170 g/mol. The Bertz CT molecular complexity index is 320. The summed E-state index contributed by atoms with van der Waals surface area (Å²) in [5.74, 6) is 0.217. The van der Waals surface area contributed by atoms with Crippen molar-refractivity contribution < 1.29 is 14.6 Å². The summed E-state index contributed by atoms with van der Waals surface area (Å²) in [6.45, 7) is 0.351. The van der Waals surface area contributed by atoms with Gasteiger partial charge < -0.3 is 15.2 Å². The number of amides is 1. The van der Waals surface area contributed by atoms with Crippen LogP contribution in [0.2, 0.25) is 0 Å². The van der Waals surface area contributed by atoms with Gasteiger partial charge >= 0.3 is 6.09 Å². The smallest absolute Gasteiger partial charge is 0.407 e. The van der Waals surface area contributed by atoms with Crippen LogP contribution < -0.4 is 5.32 Å². The molecule has 68 valence electrons. The van der Waals surface area contributed by atoms with Gasteiger partial charge in [0.15, 0.2) is 0 Å². The van der Waals surface area contributed by atoms with E-state index in [1.54, 1.807) is 24.3 Å². The van der Waals surface area contributed by atoms with Crippen LogP contribution in [0.3, 0.4) is 0 Å². The minimum atomic E-state index is -0.391. The van der Waals surface area contributed by atoms with Crippen molar-refractivity contribution in [2.75, 3.05) is 6.61 Å². The molecular formula is C9H9NO3. The molecule has 1 fully saturated rings. The number of carbonyl (C=O) groups is 1. The first-order valence-corrected chi connectivity index (χ1v) is 3.98. The Labute approximate surface area is 75.1 Å². The van der Waals surface area contributed by atoms with E-state index < -0.39 is 6.09 Å². The van der Waals surface area contributed by atoms with Crippen LogP contribution in [-0.4, -0.2) is 17.8 Å². The average molecular weight is 179 g/mol. The zero-order valence-corrected chi connectivity index (χ0v) is 6.86. The molecule has 1 amide bonds. The second-order valence-electron chi connectivity index (χ2n) is 2.89. The van der Waals surface area contributed by atoms with E-state index in [0.29, 0.717) is 6.61 Å². The third-order valence-electron chi connectivity index (χ3n) is 1.97. The van der Waals surface area contributed by atoms with E-state index in [-0.39, 0.29) is 11.8 Å². The van der Waals surface area contributed by atoms with E-state index in [2.05, 4.69) is 5.32 Å². The molecule has 0 radical (unpaired) electrons. The molecule has 1 aromatic carbocycles. The first-order chi connectivity index (χ1) is 6.25. The fourth-order valence-electron chi connectivity index (χ4n) is 1.27. The molecule has 1 atom stereocenters. The normalized spacial score (nSPS) is 20.9. The van der Waals surface area contributed by atoms with Gasteiger partial charge in [0.25, 0.3) is 0 Å². The first-order valence-electron chi connectivity index (χ1n) is 3.98. The molecule has 2 N–H and O–H groups in total. The highest BCUT2D eigenvalue weighted by molar-refractivity contribution is 5.70. The largest absolute Gasteiger partial charge is 0.508 e. The number of cyclic esters (lactones) is 1. The van der Waals surface area contributed by atoms with Crippen LogP contribution in [0, 0.1) is 0 Å². The fourth-order valence-corrected chi connectivity index (χ4v) is 1.27. The third kappa shape index (κ3) is 1.56. The molecule has 4 nitrogen and oxygen atoms in total. The number of rotatable bonds is 1. The second kappa shape index (κ2) is 2.97. The Morgan fingerprint density at radius 2 is 2.08 bits per heavy atom. The molecule has 0 aromatic heterocycles. The summed E-state index contributed by atoms with van der Waals surface area (Å²) in [6.07, 6.45) is -0.391. The Balaban J connectivity index is 2.17. The SMILES string of the molecule is O=C1N[C@@H](c2ccc(O)cc2)CO1. The number of benzene rings is 1. The third-order valence-corrected chi connectivity index (χ3v) is 1.97. The molecule has 0 spiro atoms. The Morgan fingerprint density at radius 1 is 1.38 bits per heavy atom. The fraction of sp³-hybridized carbons (Fsp3) is 0.222. The molecule has 4 heteroatoms. The van der Waals surface area contributed by atoms with Gasteiger partial charge in [0, 0.05) is 0 Å². The van der Waals surface area contributed by atoms with Crippen molar-refractivity contribution in [1.82, 2.24) is 5.32 Å². The van der Waals surface area contributed by atoms with Crippen LogP contribution >= 0.6 is 0 Å². The maximum absolute atomic E-state index is 10.7. The number of phenolic OH excluding ortho intramolecular Hbond substituents is 1. The van der Waals surface area contributed by atoms with Crippen molar-refractivity contribution in [3.8, 4) is 5.75 Å². The van der Waals surface area contributed by atoms with E-state index >= 15 is 0 Å². The molecule has 0 saturated carbocycles. The molecule has 1 heterocycles. The maximum atomic E-state index is 10.7. The average Bonchev–Trinajstić information content (AvgIpc) is 2.53. The lowest BCUT2D eigenvalue weighted by Crippen LogP contribution is -2.17. The van der Waals surface area contributed by atoms with E-state index in [1.165, 1.54) is 0 Å². The highest BCUT2D eigenvalue weighted by atomic mass is 16.6. The summed E-state index contributed by atoms with van der Waals surface area (Å²) in [7, 11) is 0. The number of aromatic hydroxyl groups is 1. The lowest BCUT2D eigenvalue weighted by Gasteiger charge is -2.06. The molecule has 1 aliphatic rings. The van der Waals surface area contributed by atoms with Gasteiger partial charge in [-0.1, -0.05) is 12.1 Å². The van der Waals surface area contributed by atoms with Crippen LogP contribution in [0.25, 0.3) is 0 Å². The van der Waals surface area contributed by atoms with Crippen LogP contribution in [0.4, 0.5) is 4.79 Å². The molecule has 0 bridgehead atoms. The Hall–Kier alpha value is -1.71. The van der Waals surface area contributed by atoms with Crippen molar-refractivity contribution in [3.05, 3.63) is 29.8 Å². The molecule has 0 aliphatic carbocycles. The zero-order chi connectivity index (χ0) is 9.26. The quantitative estimate of drug-likeness (QED) is 0.680. The molecule has 1 aliphatic heterocycles. The summed E-state index contributed by atoms with van der Waals surface area (Å²) < 4.78 is 4.74. The standard InChI is InChI=1S/C9H9NO3/c11-7-3-1-6(2-4-7)8-5-13-9(12)10-8/h1-4,8,11H,5H2,(H,10,12)/t8-/m1/s1. The van der Waals surface area contributed by atoms with Crippen molar-refractivity contribution >= 4 is 6.09 Å². The van der Waals surface area contributed by atoms with Gasteiger partial charge in [-0.25, -0.2) is 4.79 Å². The van der Waals surface area contributed by atoms with Crippen LogP contribution in [0.1, 0.15) is 11.6 Å². The molecule has 1 saturated heterocycles. The van der Waals surface area contributed by atoms with Crippen molar-refractivity contribution in [1.29, 1.82) is 0 Å². The molecule has 2 rings (SSSR count). The van der Waals surface area contributed by atoms with Crippen molar-refractivity contribution in [2.24, 2.45) is 0 Å². The zero-order valence-electron chi connectivity index (χ0n) is 6.86. The van der Waals surface area contributed by atoms with Gasteiger partial charge in [0.1, 0.15) is 12.4 Å². The summed E-state index contributed by atoms with van der Waals surface area (Å²) in [5, 5.41) is 11.7. The van der Waals surface area contributed by atoms with Gasteiger partial charge in [0.05, 0.1) is 6.04 Å². The number of hydrogen-bond donors (Lipinski definition) is 2. The Kier molecular flexibility index (Phi) is 1.81. The lowest BCUT2D eigenvalue weighted by molar-refractivity contribution is 0.177. The number of nitrogens with one attached hydrogen (secondary N) is 1. The van der Waals surface area contributed by atoms with E-state index in [4.69, 9.17) is 9.84 Å². The lowest BCUT2D eigenvalue weighted by atomic mass is 10.1. The number of hydrogen-bond acceptors (Lipinski definition) is 3. The molecule has 1 aromatic rings. The van der Waals surface area contributed by atoms with Gasteiger partial charge in [-0.05, 0) is 17.7 Å². The topological polar surface area (TPSA) is 58.6 Å². The van der Waals surface area contributed by atoms with Gasteiger partial charge in [0.2, 0.25) is 0 Å². The molecule has 13 heavy (non-hydrogen) atoms. The highest BCUT2D eigenvalue weighted by Gasteiger charge is 2.23. The summed E-state index contributed by atoms with van der Waals surface area (Å²) in [4.78, 5) is 10.7. The maximum Gasteiger partial charge on any atom is 0.407 e. The van der Waals surface area contributed by atoms with Crippen LogP contribution in [0.15, 0.2) is 24.3 Å². The monoisotopic (exact) mass is 179 g/mol. The predicted octanol–water partition coefficient (Wildman–Crippen LogP) is 1.17. The van der Waals surface area contributed by atoms with Crippen LogP contribution in [0.5, 0.6) is 5.75 Å². The van der Waals surface area contributed by atoms with Crippen molar-refractivity contribution in [3.63, 3.8) is 0 Å². The molecule has 0 unspecified atom stereocenters. The number of ether oxygens (including phenoxy) is 1. The van der Waals surface area contributed by atoms with Crippen LogP contribution in [-0.2, 0) is 4.74 Å². The summed E-state index contributed by atoms with van der Waals surface area (Å²) >= 11 is 0. The number of alkyl carbamates (subject to hydrolysis) is 1. The second-order valence-corrected chi connectivity index (χ2v) is 2.89.